The maximum Gasteiger partial charge on any atom is 0.433 e. The van der Waals surface area contributed by atoms with Crippen LogP contribution in [0.15, 0.2) is 12.1 Å². The van der Waals surface area contributed by atoms with Crippen LogP contribution in [0, 0.1) is 0 Å². The average Bonchev–Trinajstić information content (AvgIpc) is 2.02. The summed E-state index contributed by atoms with van der Waals surface area (Å²) in [5.41, 5.74) is 9.86. The van der Waals surface area contributed by atoms with Gasteiger partial charge >= 0.3 is 6.18 Å². The zero-order chi connectivity index (χ0) is 10.1. The molecular weight excluding hydrogens is 183 g/mol. The van der Waals surface area contributed by atoms with Gasteiger partial charge in [-0.15, -0.1) is 0 Å². The molecule has 0 saturated heterocycles. The normalized spacial score (nSPS) is 11.7. The van der Waals surface area contributed by atoms with Gasteiger partial charge in [-0.1, -0.05) is 6.07 Å². The van der Waals surface area contributed by atoms with Gasteiger partial charge in [0, 0.05) is 12.1 Å². The fraction of sp³-hybridized carbons (Fsp3) is 0.286. The lowest BCUT2D eigenvalue weighted by Crippen LogP contribution is -2.11. The summed E-state index contributed by atoms with van der Waals surface area (Å²) in [5, 5.41) is 0. The molecule has 6 heteroatoms. The summed E-state index contributed by atoms with van der Waals surface area (Å²) in [6.07, 6.45) is -4.46. The first kappa shape index (κ1) is 9.79. The molecule has 1 aromatic heterocycles. The van der Waals surface area contributed by atoms with Crippen molar-refractivity contribution in [3.63, 3.8) is 0 Å². The van der Waals surface area contributed by atoms with Crippen molar-refractivity contribution in [2.45, 2.75) is 12.7 Å². The summed E-state index contributed by atoms with van der Waals surface area (Å²) in [7, 11) is 0. The van der Waals surface area contributed by atoms with Gasteiger partial charge in [0.2, 0.25) is 0 Å². The molecule has 0 aromatic carbocycles. The van der Waals surface area contributed by atoms with E-state index >= 15 is 0 Å². The van der Waals surface area contributed by atoms with Crippen molar-refractivity contribution in [1.82, 2.24) is 4.98 Å². The van der Waals surface area contributed by atoms with Gasteiger partial charge in [0.25, 0.3) is 0 Å². The van der Waals surface area contributed by atoms with Gasteiger partial charge in [0.15, 0.2) is 0 Å². The molecule has 0 bridgehead atoms. The number of rotatable bonds is 1. The molecule has 0 spiro atoms. The standard InChI is InChI=1S/C7H8F3N3/c8-7(9,10)5-2-1-4(3-11)6(12)13-5/h1-2H,3,11H2,(H2,12,13). The summed E-state index contributed by atoms with van der Waals surface area (Å²) in [4.78, 5) is 3.19. The van der Waals surface area contributed by atoms with Crippen LogP contribution in [-0.4, -0.2) is 4.98 Å². The van der Waals surface area contributed by atoms with E-state index < -0.39 is 11.9 Å². The second-order valence-corrected chi connectivity index (χ2v) is 2.44. The van der Waals surface area contributed by atoms with Crippen molar-refractivity contribution in [2.24, 2.45) is 5.73 Å². The summed E-state index contributed by atoms with van der Waals surface area (Å²) in [6.45, 7) is 0.0803. The Kier molecular flexibility index (Phi) is 2.42. The lowest BCUT2D eigenvalue weighted by atomic mass is 10.2. The number of pyridine rings is 1. The van der Waals surface area contributed by atoms with Crippen molar-refractivity contribution < 1.29 is 13.2 Å². The van der Waals surface area contributed by atoms with E-state index in [9.17, 15) is 13.2 Å². The summed E-state index contributed by atoms with van der Waals surface area (Å²) in [6, 6.07) is 2.09. The Labute approximate surface area is 72.6 Å². The van der Waals surface area contributed by atoms with Crippen LogP contribution in [-0.2, 0) is 12.7 Å². The molecule has 0 amide bonds. The van der Waals surface area contributed by atoms with Crippen LogP contribution in [0.1, 0.15) is 11.3 Å². The fourth-order valence-corrected chi connectivity index (χ4v) is 0.834. The number of aromatic nitrogens is 1. The monoisotopic (exact) mass is 191 g/mol. The van der Waals surface area contributed by atoms with Gasteiger partial charge in [0.05, 0.1) is 0 Å². The summed E-state index contributed by atoms with van der Waals surface area (Å²) >= 11 is 0. The van der Waals surface area contributed by atoms with Crippen LogP contribution in [0.3, 0.4) is 0 Å². The van der Waals surface area contributed by atoms with Crippen LogP contribution in [0.4, 0.5) is 19.0 Å². The van der Waals surface area contributed by atoms with Crippen molar-refractivity contribution in [3.05, 3.63) is 23.4 Å². The third-order valence-corrected chi connectivity index (χ3v) is 1.52. The maximum atomic E-state index is 12.1. The summed E-state index contributed by atoms with van der Waals surface area (Å²) < 4.78 is 36.2. The number of hydrogen-bond donors (Lipinski definition) is 2. The van der Waals surface area contributed by atoms with Crippen LogP contribution in [0.2, 0.25) is 0 Å². The van der Waals surface area contributed by atoms with E-state index in [-0.39, 0.29) is 12.4 Å². The average molecular weight is 191 g/mol. The van der Waals surface area contributed by atoms with Crippen LogP contribution in [0.5, 0.6) is 0 Å². The van der Waals surface area contributed by atoms with E-state index in [1.807, 2.05) is 0 Å². The number of nitrogens with two attached hydrogens (primary N) is 2. The minimum atomic E-state index is -4.46. The first-order valence-electron chi connectivity index (χ1n) is 3.48. The molecule has 1 heterocycles. The largest absolute Gasteiger partial charge is 0.433 e. The van der Waals surface area contributed by atoms with E-state index in [4.69, 9.17) is 11.5 Å². The number of halogens is 3. The van der Waals surface area contributed by atoms with Crippen LogP contribution >= 0.6 is 0 Å². The Hall–Kier alpha value is -1.30. The van der Waals surface area contributed by atoms with Gasteiger partial charge in [-0.25, -0.2) is 4.98 Å². The molecular formula is C7H8F3N3. The molecule has 72 valence electrons. The number of anilines is 1. The minimum Gasteiger partial charge on any atom is -0.383 e. The van der Waals surface area contributed by atoms with Gasteiger partial charge < -0.3 is 11.5 Å². The molecule has 0 aliphatic rings. The third kappa shape index (κ3) is 2.09. The van der Waals surface area contributed by atoms with E-state index in [2.05, 4.69) is 4.98 Å². The highest BCUT2D eigenvalue weighted by atomic mass is 19.4. The van der Waals surface area contributed by atoms with Crippen molar-refractivity contribution in [3.8, 4) is 0 Å². The smallest absolute Gasteiger partial charge is 0.383 e. The first-order valence-corrected chi connectivity index (χ1v) is 3.48. The van der Waals surface area contributed by atoms with Gasteiger partial charge in [-0.05, 0) is 6.07 Å². The zero-order valence-corrected chi connectivity index (χ0v) is 6.60. The van der Waals surface area contributed by atoms with Gasteiger partial charge in [0.1, 0.15) is 11.5 Å². The lowest BCUT2D eigenvalue weighted by molar-refractivity contribution is -0.141. The molecule has 0 aliphatic carbocycles. The molecule has 0 saturated carbocycles. The van der Waals surface area contributed by atoms with Crippen LogP contribution in [0.25, 0.3) is 0 Å². The van der Waals surface area contributed by atoms with Crippen molar-refractivity contribution in [1.29, 1.82) is 0 Å². The highest BCUT2D eigenvalue weighted by molar-refractivity contribution is 5.40. The number of nitrogens with zero attached hydrogens (tertiary/aromatic N) is 1. The Morgan fingerprint density at radius 2 is 1.92 bits per heavy atom. The van der Waals surface area contributed by atoms with Gasteiger partial charge in [-0.3, -0.25) is 0 Å². The van der Waals surface area contributed by atoms with E-state index in [1.54, 1.807) is 0 Å². The van der Waals surface area contributed by atoms with Gasteiger partial charge in [-0.2, -0.15) is 13.2 Å². The number of hydrogen-bond acceptors (Lipinski definition) is 3. The molecule has 0 aliphatic heterocycles. The molecule has 0 unspecified atom stereocenters. The second kappa shape index (κ2) is 3.21. The highest BCUT2D eigenvalue weighted by Gasteiger charge is 2.32. The molecule has 0 radical (unpaired) electrons. The van der Waals surface area contributed by atoms with Crippen molar-refractivity contribution in [2.75, 3.05) is 5.73 Å². The summed E-state index contributed by atoms with van der Waals surface area (Å²) in [5.74, 6) is -0.169. The Morgan fingerprint density at radius 1 is 1.31 bits per heavy atom. The van der Waals surface area contributed by atoms with E-state index in [0.29, 0.717) is 5.56 Å². The molecule has 0 atom stereocenters. The Balaban J connectivity index is 3.10. The topological polar surface area (TPSA) is 64.9 Å². The molecule has 3 nitrogen and oxygen atoms in total. The van der Waals surface area contributed by atoms with E-state index in [1.165, 1.54) is 6.07 Å². The zero-order valence-electron chi connectivity index (χ0n) is 6.60. The molecule has 4 N–H and O–H groups in total. The predicted molar refractivity (Wildman–Crippen MR) is 41.5 cm³/mol. The predicted octanol–water partition coefficient (Wildman–Crippen LogP) is 1.14. The second-order valence-electron chi connectivity index (χ2n) is 2.44. The van der Waals surface area contributed by atoms with E-state index in [0.717, 1.165) is 6.07 Å². The minimum absolute atomic E-state index is 0.0803. The number of nitrogen functional groups attached to an aromatic ring is 1. The Bertz CT molecular complexity index is 308. The Morgan fingerprint density at radius 3 is 2.31 bits per heavy atom. The SMILES string of the molecule is NCc1ccc(C(F)(F)F)nc1N. The quantitative estimate of drug-likeness (QED) is 0.699. The fourth-order valence-electron chi connectivity index (χ4n) is 0.834. The first-order chi connectivity index (χ1) is 5.95. The maximum absolute atomic E-state index is 12.1. The van der Waals surface area contributed by atoms with Crippen LogP contribution < -0.4 is 11.5 Å². The molecule has 13 heavy (non-hydrogen) atoms. The molecule has 1 aromatic rings. The number of alkyl halides is 3. The third-order valence-electron chi connectivity index (χ3n) is 1.52. The molecule has 1 rings (SSSR count). The molecule has 0 fully saturated rings. The lowest BCUT2D eigenvalue weighted by Gasteiger charge is -2.07. The highest BCUT2D eigenvalue weighted by Crippen LogP contribution is 2.28. The van der Waals surface area contributed by atoms with Crippen molar-refractivity contribution >= 4 is 5.82 Å².